The lowest BCUT2D eigenvalue weighted by Crippen LogP contribution is -2.18. The number of nitrogens with two attached hydrogens (primary N) is 1. The number of allylic oxidation sites excluding steroid dienone is 3. The molecule has 0 radical (unpaired) electrons. The van der Waals surface area contributed by atoms with Crippen molar-refractivity contribution in [2.75, 3.05) is 0 Å². The number of hydrogen-bond donors (Lipinski definition) is 1. The maximum Gasteiger partial charge on any atom is 0.0226 e. The van der Waals surface area contributed by atoms with Crippen LogP contribution in [0, 0.1) is 5.92 Å². The smallest absolute Gasteiger partial charge is 0.0226 e. The van der Waals surface area contributed by atoms with Gasteiger partial charge < -0.3 is 5.73 Å². The lowest BCUT2D eigenvalue weighted by molar-refractivity contribution is 0.552. The zero-order chi connectivity index (χ0) is 14.8. The van der Waals surface area contributed by atoms with Crippen LogP contribution in [0.4, 0.5) is 0 Å². The van der Waals surface area contributed by atoms with Crippen LogP contribution in [0.5, 0.6) is 0 Å². The van der Waals surface area contributed by atoms with Gasteiger partial charge in [-0.2, -0.15) is 0 Å². The van der Waals surface area contributed by atoms with Crippen molar-refractivity contribution in [2.24, 2.45) is 11.7 Å². The van der Waals surface area contributed by atoms with Crippen LogP contribution in [0.1, 0.15) is 66.2 Å². The van der Waals surface area contributed by atoms with Crippen LogP contribution < -0.4 is 5.73 Å². The summed E-state index contributed by atoms with van der Waals surface area (Å²) >= 11 is 0. The van der Waals surface area contributed by atoms with E-state index in [1.807, 2.05) is 0 Å². The van der Waals surface area contributed by atoms with E-state index in [4.69, 9.17) is 5.73 Å². The zero-order valence-electron chi connectivity index (χ0n) is 13.5. The molecule has 0 amide bonds. The van der Waals surface area contributed by atoms with E-state index in [0.717, 1.165) is 19.3 Å². The third kappa shape index (κ3) is 8.05. The molecule has 110 valence electrons. The summed E-state index contributed by atoms with van der Waals surface area (Å²) in [6, 6.07) is 0.182. The highest BCUT2D eigenvalue weighted by Crippen LogP contribution is 2.23. The van der Waals surface area contributed by atoms with E-state index in [2.05, 4.69) is 46.9 Å². The topological polar surface area (TPSA) is 26.0 Å². The van der Waals surface area contributed by atoms with E-state index in [1.165, 1.54) is 36.0 Å². The first-order valence-electron chi connectivity index (χ1n) is 7.72. The van der Waals surface area contributed by atoms with E-state index in [1.54, 1.807) is 0 Å². The quantitative estimate of drug-likeness (QED) is 0.415. The van der Waals surface area contributed by atoms with Crippen molar-refractivity contribution < 1.29 is 0 Å². The minimum absolute atomic E-state index is 0.182. The largest absolute Gasteiger partial charge is 0.324 e. The summed E-state index contributed by atoms with van der Waals surface area (Å²) < 4.78 is 0. The molecule has 2 unspecified atom stereocenters. The van der Waals surface area contributed by atoms with Crippen molar-refractivity contribution in [1.29, 1.82) is 0 Å². The molecule has 0 aliphatic heterocycles. The first kappa shape index (κ1) is 18.2. The van der Waals surface area contributed by atoms with Crippen molar-refractivity contribution >= 4 is 0 Å². The van der Waals surface area contributed by atoms with Crippen LogP contribution in [0.2, 0.25) is 0 Å². The molecular formula is C18H33N. The van der Waals surface area contributed by atoms with Crippen molar-refractivity contribution in [3.8, 4) is 0 Å². The molecule has 0 aromatic carbocycles. The van der Waals surface area contributed by atoms with Crippen LogP contribution in [-0.4, -0.2) is 6.04 Å². The molecule has 0 aliphatic rings. The van der Waals surface area contributed by atoms with Gasteiger partial charge in [0.05, 0.1) is 0 Å². The summed E-state index contributed by atoms with van der Waals surface area (Å²) in [5, 5.41) is 0. The molecule has 19 heavy (non-hydrogen) atoms. The van der Waals surface area contributed by atoms with Gasteiger partial charge in [-0.25, -0.2) is 0 Å². The molecule has 0 fully saturated rings. The Bertz CT molecular complexity index is 312. The fraction of sp³-hybridized carbons (Fsp3) is 0.667. The van der Waals surface area contributed by atoms with Crippen LogP contribution in [0.3, 0.4) is 0 Å². The maximum atomic E-state index is 6.17. The van der Waals surface area contributed by atoms with E-state index in [9.17, 15) is 0 Å². The summed E-state index contributed by atoms with van der Waals surface area (Å²) in [6.45, 7) is 17.0. The highest BCUT2D eigenvalue weighted by Gasteiger charge is 2.10. The fourth-order valence-corrected chi connectivity index (χ4v) is 2.18. The average Bonchev–Trinajstić information content (AvgIpc) is 2.40. The van der Waals surface area contributed by atoms with Gasteiger partial charge in [0.1, 0.15) is 0 Å². The van der Waals surface area contributed by atoms with Crippen LogP contribution >= 0.6 is 0 Å². The Morgan fingerprint density at radius 1 is 1.21 bits per heavy atom. The minimum atomic E-state index is 0.182. The van der Waals surface area contributed by atoms with Gasteiger partial charge in [0.25, 0.3) is 0 Å². The Kier molecular flexibility index (Phi) is 9.59. The number of hydrogen-bond acceptors (Lipinski definition) is 1. The van der Waals surface area contributed by atoms with E-state index in [0.29, 0.717) is 5.92 Å². The third-order valence-corrected chi connectivity index (χ3v) is 3.83. The molecule has 2 atom stereocenters. The Morgan fingerprint density at radius 3 is 2.37 bits per heavy atom. The molecule has 1 heteroatoms. The summed E-state index contributed by atoms with van der Waals surface area (Å²) in [6.07, 6.45) is 9.04. The molecule has 0 heterocycles. The molecule has 2 N–H and O–H groups in total. The summed E-state index contributed by atoms with van der Waals surface area (Å²) in [5.41, 5.74) is 9.98. The van der Waals surface area contributed by atoms with Gasteiger partial charge in [-0.3, -0.25) is 0 Å². The van der Waals surface area contributed by atoms with E-state index in [-0.39, 0.29) is 6.04 Å². The Morgan fingerprint density at radius 2 is 1.84 bits per heavy atom. The maximum absolute atomic E-state index is 6.17. The lowest BCUT2D eigenvalue weighted by Gasteiger charge is -2.18. The molecular weight excluding hydrogens is 230 g/mol. The van der Waals surface area contributed by atoms with Crippen molar-refractivity contribution in [3.05, 3.63) is 36.0 Å². The molecule has 0 spiro atoms. The Hall–Kier alpha value is -0.820. The zero-order valence-corrected chi connectivity index (χ0v) is 13.5. The van der Waals surface area contributed by atoms with E-state index < -0.39 is 0 Å². The average molecular weight is 263 g/mol. The van der Waals surface area contributed by atoms with Gasteiger partial charge in [0, 0.05) is 6.04 Å². The molecule has 0 saturated carbocycles. The van der Waals surface area contributed by atoms with Crippen molar-refractivity contribution in [3.63, 3.8) is 0 Å². The molecule has 0 aliphatic carbocycles. The number of rotatable bonds is 10. The van der Waals surface area contributed by atoms with Crippen LogP contribution in [0.25, 0.3) is 0 Å². The second kappa shape index (κ2) is 10.0. The van der Waals surface area contributed by atoms with Gasteiger partial charge in [-0.05, 0) is 50.5 Å². The first-order chi connectivity index (χ1) is 8.92. The SMILES string of the molecule is C=C(CC)C(=C)C(C)CCC(N)/C=C(\C)CCCC. The molecule has 1 nitrogen and oxygen atoms in total. The molecule has 0 rings (SSSR count). The second-order valence-electron chi connectivity index (χ2n) is 5.74. The first-order valence-corrected chi connectivity index (χ1v) is 7.72. The minimum Gasteiger partial charge on any atom is -0.324 e. The van der Waals surface area contributed by atoms with Gasteiger partial charge in [0.15, 0.2) is 0 Å². The lowest BCUT2D eigenvalue weighted by atomic mass is 9.89. The molecule has 0 aromatic rings. The van der Waals surface area contributed by atoms with E-state index >= 15 is 0 Å². The highest BCUT2D eigenvalue weighted by molar-refractivity contribution is 5.26. The normalized spacial score (nSPS) is 15.1. The summed E-state index contributed by atoms with van der Waals surface area (Å²) in [7, 11) is 0. The fourth-order valence-electron chi connectivity index (χ4n) is 2.18. The Balaban J connectivity index is 4.11. The number of unbranched alkanes of at least 4 members (excludes halogenated alkanes) is 1. The molecule has 0 aromatic heterocycles. The van der Waals surface area contributed by atoms with Crippen LogP contribution in [0.15, 0.2) is 36.0 Å². The summed E-state index contributed by atoms with van der Waals surface area (Å²) in [4.78, 5) is 0. The summed E-state index contributed by atoms with van der Waals surface area (Å²) in [5.74, 6) is 0.489. The predicted octanol–water partition coefficient (Wildman–Crippen LogP) is 5.39. The Labute approximate surface area is 120 Å². The van der Waals surface area contributed by atoms with Crippen molar-refractivity contribution in [1.82, 2.24) is 0 Å². The predicted molar refractivity (Wildman–Crippen MR) is 88.2 cm³/mol. The molecule has 0 saturated heterocycles. The van der Waals surface area contributed by atoms with Crippen molar-refractivity contribution in [2.45, 2.75) is 72.3 Å². The highest BCUT2D eigenvalue weighted by atomic mass is 14.6. The van der Waals surface area contributed by atoms with Crippen LogP contribution in [-0.2, 0) is 0 Å². The second-order valence-corrected chi connectivity index (χ2v) is 5.74. The van der Waals surface area contributed by atoms with Gasteiger partial charge in [-0.1, -0.05) is 57.6 Å². The monoisotopic (exact) mass is 263 g/mol. The van der Waals surface area contributed by atoms with Gasteiger partial charge >= 0.3 is 0 Å². The third-order valence-electron chi connectivity index (χ3n) is 3.83. The van der Waals surface area contributed by atoms with Gasteiger partial charge in [-0.15, -0.1) is 0 Å². The van der Waals surface area contributed by atoms with Gasteiger partial charge in [0.2, 0.25) is 0 Å². The standard InChI is InChI=1S/C18H33N/c1-7-9-10-14(3)13-18(19)12-11-16(5)17(6)15(4)8-2/h13,16,18H,4,6-12,19H2,1-3,5H3/b14-13+. The molecule has 0 bridgehead atoms.